The Morgan fingerprint density at radius 2 is 1.88 bits per heavy atom. The number of halogens is 1. The van der Waals surface area contributed by atoms with E-state index in [4.69, 9.17) is 16.7 Å². The lowest BCUT2D eigenvalue weighted by Gasteiger charge is -2.18. The van der Waals surface area contributed by atoms with E-state index in [0.29, 0.717) is 10.6 Å². The van der Waals surface area contributed by atoms with E-state index >= 15 is 0 Å². The number of aryl methyl sites for hydroxylation is 1. The van der Waals surface area contributed by atoms with Crippen LogP contribution < -0.4 is 5.32 Å². The standard InChI is InChI=1S/C18H18ClNO3S/c1-11-3-5-12(6-4-11)16(10-17(21)22)20-18(23)14-9-13(24-2)7-8-15(14)19/h3-9,16H,10H2,1-2H3,(H,20,23)(H,21,22)/t16-/m1/s1. The number of carboxylic acid groups (broad SMARTS) is 1. The van der Waals surface area contributed by atoms with Crippen LogP contribution in [0.2, 0.25) is 5.02 Å². The van der Waals surface area contributed by atoms with Crippen molar-refractivity contribution in [3.05, 3.63) is 64.2 Å². The summed E-state index contributed by atoms with van der Waals surface area (Å²) in [7, 11) is 0. The molecule has 0 aliphatic heterocycles. The third kappa shape index (κ3) is 4.76. The summed E-state index contributed by atoms with van der Waals surface area (Å²) in [5, 5.41) is 12.3. The van der Waals surface area contributed by atoms with Crippen LogP contribution in [0.15, 0.2) is 47.4 Å². The molecule has 6 heteroatoms. The lowest BCUT2D eigenvalue weighted by Crippen LogP contribution is -2.30. The second-order valence-corrected chi connectivity index (χ2v) is 6.67. The monoisotopic (exact) mass is 363 g/mol. The molecule has 1 atom stereocenters. The lowest BCUT2D eigenvalue weighted by atomic mass is 10.0. The highest BCUT2D eigenvalue weighted by Gasteiger charge is 2.20. The van der Waals surface area contributed by atoms with Crippen LogP contribution in [0.25, 0.3) is 0 Å². The maximum atomic E-state index is 12.6. The molecule has 0 spiro atoms. The quantitative estimate of drug-likeness (QED) is 0.750. The summed E-state index contributed by atoms with van der Waals surface area (Å²) in [6.07, 6.45) is 1.71. The second kappa shape index (κ2) is 8.22. The molecule has 0 fully saturated rings. The summed E-state index contributed by atoms with van der Waals surface area (Å²) < 4.78 is 0. The van der Waals surface area contributed by atoms with Crippen molar-refractivity contribution >= 4 is 35.2 Å². The first-order chi connectivity index (χ1) is 11.4. The Kier molecular flexibility index (Phi) is 6.29. The van der Waals surface area contributed by atoms with Gasteiger partial charge in [-0.3, -0.25) is 9.59 Å². The van der Waals surface area contributed by atoms with Crippen LogP contribution in [0.4, 0.5) is 0 Å². The minimum Gasteiger partial charge on any atom is -0.481 e. The van der Waals surface area contributed by atoms with Gasteiger partial charge in [0, 0.05) is 4.90 Å². The van der Waals surface area contributed by atoms with Gasteiger partial charge in [-0.2, -0.15) is 0 Å². The van der Waals surface area contributed by atoms with Gasteiger partial charge >= 0.3 is 5.97 Å². The number of nitrogens with one attached hydrogen (secondary N) is 1. The van der Waals surface area contributed by atoms with Gasteiger partial charge in [0.05, 0.1) is 23.0 Å². The van der Waals surface area contributed by atoms with Crippen molar-refractivity contribution in [3.63, 3.8) is 0 Å². The Bertz CT molecular complexity index is 746. The van der Waals surface area contributed by atoms with Crippen LogP contribution in [0.3, 0.4) is 0 Å². The molecule has 0 aliphatic carbocycles. The Balaban J connectivity index is 2.27. The zero-order valence-electron chi connectivity index (χ0n) is 13.4. The van der Waals surface area contributed by atoms with Crippen LogP contribution in [0.5, 0.6) is 0 Å². The van der Waals surface area contributed by atoms with Gasteiger partial charge in [-0.1, -0.05) is 41.4 Å². The predicted molar refractivity (Wildman–Crippen MR) is 96.9 cm³/mol. The number of aliphatic carboxylic acids is 1. The largest absolute Gasteiger partial charge is 0.481 e. The van der Waals surface area contributed by atoms with Crippen molar-refractivity contribution in [2.75, 3.05) is 6.26 Å². The van der Waals surface area contributed by atoms with Gasteiger partial charge in [0.1, 0.15) is 0 Å². The molecule has 1 amide bonds. The number of thioether (sulfide) groups is 1. The van der Waals surface area contributed by atoms with Gasteiger partial charge in [-0.15, -0.1) is 11.8 Å². The van der Waals surface area contributed by atoms with Gasteiger partial charge in [0.25, 0.3) is 5.91 Å². The number of hydrogen-bond donors (Lipinski definition) is 2. The molecule has 0 aromatic heterocycles. The third-order valence-electron chi connectivity index (χ3n) is 3.58. The maximum absolute atomic E-state index is 12.6. The molecule has 0 saturated heterocycles. The van der Waals surface area contributed by atoms with E-state index in [1.165, 1.54) is 11.8 Å². The zero-order valence-corrected chi connectivity index (χ0v) is 14.9. The number of benzene rings is 2. The van der Waals surface area contributed by atoms with E-state index < -0.39 is 12.0 Å². The molecule has 2 N–H and O–H groups in total. The van der Waals surface area contributed by atoms with Crippen molar-refractivity contribution in [3.8, 4) is 0 Å². The Hall–Kier alpha value is -1.98. The van der Waals surface area contributed by atoms with Gasteiger partial charge < -0.3 is 10.4 Å². The molecule has 126 valence electrons. The van der Waals surface area contributed by atoms with Crippen molar-refractivity contribution in [1.82, 2.24) is 5.32 Å². The average molecular weight is 364 g/mol. The van der Waals surface area contributed by atoms with Crippen molar-refractivity contribution in [2.24, 2.45) is 0 Å². The molecule has 0 unspecified atom stereocenters. The number of rotatable bonds is 6. The molecule has 24 heavy (non-hydrogen) atoms. The SMILES string of the molecule is CSc1ccc(Cl)c(C(=O)N[C@H](CC(=O)O)c2ccc(C)cc2)c1. The van der Waals surface area contributed by atoms with E-state index in [1.807, 2.05) is 43.5 Å². The summed E-state index contributed by atoms with van der Waals surface area (Å²) in [6.45, 7) is 1.95. The summed E-state index contributed by atoms with van der Waals surface area (Å²) >= 11 is 7.62. The number of carboxylic acids is 1. The fourth-order valence-electron chi connectivity index (χ4n) is 2.27. The van der Waals surface area contributed by atoms with Gasteiger partial charge in [-0.25, -0.2) is 0 Å². The van der Waals surface area contributed by atoms with Crippen LogP contribution in [0, 0.1) is 6.92 Å². The number of carbonyl (C=O) groups excluding carboxylic acids is 1. The highest BCUT2D eigenvalue weighted by Crippen LogP contribution is 2.25. The van der Waals surface area contributed by atoms with Gasteiger partial charge in [0.15, 0.2) is 0 Å². The van der Waals surface area contributed by atoms with Crippen molar-refractivity contribution in [1.29, 1.82) is 0 Å². The smallest absolute Gasteiger partial charge is 0.305 e. The molecular formula is C18H18ClNO3S. The molecule has 0 radical (unpaired) electrons. The second-order valence-electron chi connectivity index (χ2n) is 5.38. The molecule has 0 saturated carbocycles. The molecular weight excluding hydrogens is 346 g/mol. The predicted octanol–water partition coefficient (Wildman–Crippen LogP) is 4.32. The fourth-order valence-corrected chi connectivity index (χ4v) is 2.91. The highest BCUT2D eigenvalue weighted by molar-refractivity contribution is 7.98. The minimum absolute atomic E-state index is 0.200. The first-order valence-electron chi connectivity index (χ1n) is 7.33. The maximum Gasteiger partial charge on any atom is 0.305 e. The summed E-state index contributed by atoms with van der Waals surface area (Å²) in [4.78, 5) is 24.6. The Morgan fingerprint density at radius 3 is 2.46 bits per heavy atom. The Morgan fingerprint density at radius 1 is 1.21 bits per heavy atom. The van der Waals surface area contributed by atoms with Gasteiger partial charge in [0.2, 0.25) is 0 Å². The van der Waals surface area contributed by atoms with Crippen LogP contribution in [-0.2, 0) is 4.79 Å². The van der Waals surface area contributed by atoms with Crippen molar-refractivity contribution in [2.45, 2.75) is 24.3 Å². The molecule has 2 aromatic carbocycles. The molecule has 4 nitrogen and oxygen atoms in total. The number of amides is 1. The lowest BCUT2D eigenvalue weighted by molar-refractivity contribution is -0.137. The normalized spacial score (nSPS) is 11.8. The van der Waals surface area contributed by atoms with Crippen LogP contribution in [-0.4, -0.2) is 23.2 Å². The summed E-state index contributed by atoms with van der Waals surface area (Å²) in [6, 6.07) is 12.0. The summed E-state index contributed by atoms with van der Waals surface area (Å²) in [5.41, 5.74) is 2.15. The molecule has 0 heterocycles. The molecule has 2 aromatic rings. The fraction of sp³-hybridized carbons (Fsp3) is 0.222. The molecule has 2 rings (SSSR count). The van der Waals surface area contributed by atoms with E-state index in [-0.39, 0.29) is 12.3 Å². The first-order valence-corrected chi connectivity index (χ1v) is 8.93. The van der Waals surface area contributed by atoms with Crippen molar-refractivity contribution < 1.29 is 14.7 Å². The topological polar surface area (TPSA) is 66.4 Å². The van der Waals surface area contributed by atoms with E-state index in [1.54, 1.807) is 12.1 Å². The highest BCUT2D eigenvalue weighted by atomic mass is 35.5. The summed E-state index contributed by atoms with van der Waals surface area (Å²) in [5.74, 6) is -1.37. The van der Waals surface area contributed by atoms with E-state index in [9.17, 15) is 9.59 Å². The minimum atomic E-state index is -0.982. The first kappa shape index (κ1) is 18.4. The third-order valence-corrected chi connectivity index (χ3v) is 4.64. The van der Waals surface area contributed by atoms with E-state index in [2.05, 4.69) is 5.32 Å². The van der Waals surface area contributed by atoms with Crippen LogP contribution in [0.1, 0.15) is 33.9 Å². The molecule has 0 bridgehead atoms. The molecule has 0 aliphatic rings. The Labute approximate surface area is 150 Å². The number of carbonyl (C=O) groups is 2. The average Bonchev–Trinajstić information content (AvgIpc) is 2.55. The van der Waals surface area contributed by atoms with E-state index in [0.717, 1.165) is 16.0 Å². The zero-order chi connectivity index (χ0) is 17.7. The number of hydrogen-bond acceptors (Lipinski definition) is 3. The van der Waals surface area contributed by atoms with Gasteiger partial charge in [-0.05, 0) is 36.9 Å². The van der Waals surface area contributed by atoms with Crippen LogP contribution >= 0.6 is 23.4 Å².